The fraction of sp³-hybridized carbons (Fsp3) is 0.304. The number of hydrogen-bond acceptors (Lipinski definition) is 7. The molecule has 1 N–H and O–H groups in total. The van der Waals surface area contributed by atoms with Gasteiger partial charge in [-0.15, -0.1) is 11.8 Å². The summed E-state index contributed by atoms with van der Waals surface area (Å²) >= 11 is 3.22. The van der Waals surface area contributed by atoms with E-state index in [2.05, 4.69) is 4.98 Å². The predicted octanol–water partition coefficient (Wildman–Crippen LogP) is 5.15. The molecule has 31 heavy (non-hydrogen) atoms. The minimum atomic E-state index is -0.780. The van der Waals surface area contributed by atoms with E-state index in [1.807, 2.05) is 66.7 Å². The van der Waals surface area contributed by atoms with Crippen LogP contribution in [0.3, 0.4) is 0 Å². The fourth-order valence-corrected chi connectivity index (χ4v) is 5.68. The SMILES string of the molecule is Cc1ccc(-c2nc(COc3cccc(CN4SCSC[C@@H]4C(=O)O)c3)c(C)o2)cc1. The highest BCUT2D eigenvalue weighted by Crippen LogP contribution is 2.31. The summed E-state index contributed by atoms with van der Waals surface area (Å²) in [6.45, 7) is 4.79. The van der Waals surface area contributed by atoms with Crippen molar-refractivity contribution < 1.29 is 19.1 Å². The van der Waals surface area contributed by atoms with Gasteiger partial charge >= 0.3 is 5.97 Å². The van der Waals surface area contributed by atoms with Gasteiger partial charge in [-0.25, -0.2) is 9.29 Å². The largest absolute Gasteiger partial charge is 0.487 e. The standard InChI is InChI=1S/C23H24N2O4S2/c1-15-6-8-18(9-7-15)22-24-20(16(2)29-22)12-28-19-5-3-4-17(10-19)11-25-21(23(26)27)13-30-14-31-25/h3-10,21H,11-14H2,1-2H3,(H,26,27)/t21-/m1/s1. The zero-order chi connectivity index (χ0) is 21.8. The third-order valence-corrected chi connectivity index (χ3v) is 7.37. The average Bonchev–Trinajstić information content (AvgIpc) is 3.14. The van der Waals surface area contributed by atoms with Crippen LogP contribution in [0.2, 0.25) is 0 Å². The van der Waals surface area contributed by atoms with E-state index < -0.39 is 12.0 Å². The molecule has 1 aliphatic rings. The summed E-state index contributed by atoms with van der Waals surface area (Å²) in [6.07, 6.45) is 0. The molecule has 1 aromatic heterocycles. The smallest absolute Gasteiger partial charge is 0.322 e. The number of hydrogen-bond donors (Lipinski definition) is 1. The molecule has 6 nitrogen and oxygen atoms in total. The summed E-state index contributed by atoms with van der Waals surface area (Å²) in [5, 5.41) is 10.3. The number of aliphatic carboxylic acids is 1. The van der Waals surface area contributed by atoms with Crippen molar-refractivity contribution in [3.8, 4) is 17.2 Å². The Labute approximate surface area is 190 Å². The number of aromatic nitrogens is 1. The highest BCUT2D eigenvalue weighted by molar-refractivity contribution is 8.15. The second-order valence-electron chi connectivity index (χ2n) is 7.37. The third-order valence-electron chi connectivity index (χ3n) is 5.01. The Bertz CT molecular complexity index is 1050. The number of oxazole rings is 1. The Morgan fingerprint density at radius 1 is 1.26 bits per heavy atom. The van der Waals surface area contributed by atoms with Crippen molar-refractivity contribution in [3.05, 3.63) is 71.1 Å². The Hall–Kier alpha value is -2.42. The molecule has 1 atom stereocenters. The lowest BCUT2D eigenvalue weighted by molar-refractivity contribution is -0.140. The minimum absolute atomic E-state index is 0.303. The first-order valence-electron chi connectivity index (χ1n) is 9.95. The Morgan fingerprint density at radius 3 is 2.84 bits per heavy atom. The van der Waals surface area contributed by atoms with Crippen LogP contribution >= 0.6 is 23.7 Å². The Balaban J connectivity index is 1.41. The van der Waals surface area contributed by atoms with E-state index in [0.29, 0.717) is 24.8 Å². The number of thioether (sulfide) groups is 1. The van der Waals surface area contributed by atoms with Gasteiger partial charge in [0, 0.05) is 17.9 Å². The average molecular weight is 457 g/mol. The summed E-state index contributed by atoms with van der Waals surface area (Å²) in [4.78, 5) is 16.1. The number of carbonyl (C=O) groups is 1. The summed E-state index contributed by atoms with van der Waals surface area (Å²) < 4.78 is 13.7. The van der Waals surface area contributed by atoms with E-state index >= 15 is 0 Å². The molecule has 8 heteroatoms. The van der Waals surface area contributed by atoms with Gasteiger partial charge in [-0.3, -0.25) is 4.79 Å². The van der Waals surface area contributed by atoms with Gasteiger partial charge in [0.1, 0.15) is 29.9 Å². The van der Waals surface area contributed by atoms with Crippen molar-refractivity contribution in [2.24, 2.45) is 0 Å². The van der Waals surface area contributed by atoms with Gasteiger partial charge in [-0.1, -0.05) is 41.8 Å². The molecule has 1 saturated heterocycles. The van der Waals surface area contributed by atoms with Gasteiger partial charge in [0.2, 0.25) is 5.89 Å². The van der Waals surface area contributed by atoms with Gasteiger partial charge < -0.3 is 14.3 Å². The Morgan fingerprint density at radius 2 is 2.06 bits per heavy atom. The number of ether oxygens (including phenoxy) is 1. The van der Waals surface area contributed by atoms with Crippen molar-refractivity contribution in [1.82, 2.24) is 9.29 Å². The van der Waals surface area contributed by atoms with Crippen LogP contribution in [-0.2, 0) is 17.9 Å². The zero-order valence-electron chi connectivity index (χ0n) is 17.4. The van der Waals surface area contributed by atoms with E-state index in [9.17, 15) is 9.90 Å². The summed E-state index contributed by atoms with van der Waals surface area (Å²) in [5.74, 6) is 1.87. The molecule has 0 saturated carbocycles. The molecule has 2 aromatic carbocycles. The molecule has 4 rings (SSSR count). The van der Waals surface area contributed by atoms with Crippen LogP contribution in [0.5, 0.6) is 5.75 Å². The van der Waals surface area contributed by atoms with Crippen molar-refractivity contribution in [2.45, 2.75) is 33.0 Å². The van der Waals surface area contributed by atoms with E-state index in [4.69, 9.17) is 9.15 Å². The van der Waals surface area contributed by atoms with Crippen LogP contribution in [-0.4, -0.2) is 37.2 Å². The molecule has 3 aromatic rings. The van der Waals surface area contributed by atoms with Crippen LogP contribution < -0.4 is 4.74 Å². The topological polar surface area (TPSA) is 75.8 Å². The van der Waals surface area contributed by atoms with Gasteiger partial charge in [0.05, 0.1) is 5.08 Å². The van der Waals surface area contributed by atoms with Gasteiger partial charge in [-0.2, -0.15) is 0 Å². The quantitative estimate of drug-likeness (QED) is 0.490. The highest BCUT2D eigenvalue weighted by Gasteiger charge is 2.29. The molecule has 0 radical (unpaired) electrons. The second kappa shape index (κ2) is 9.80. The molecule has 162 valence electrons. The first-order chi connectivity index (χ1) is 15.0. The number of carboxylic acids is 1. The molecular formula is C23H24N2O4S2. The van der Waals surface area contributed by atoms with Crippen LogP contribution in [0, 0.1) is 13.8 Å². The lowest BCUT2D eigenvalue weighted by Gasteiger charge is -2.31. The Kier molecular flexibility index (Phi) is 6.89. The molecule has 0 spiro atoms. The second-order valence-corrected chi connectivity index (χ2v) is 9.78. The first-order valence-corrected chi connectivity index (χ1v) is 12.0. The number of nitrogens with zero attached hydrogens (tertiary/aromatic N) is 2. The van der Waals surface area contributed by atoms with Gasteiger partial charge in [-0.05, 0) is 43.7 Å². The number of rotatable bonds is 7. The third kappa shape index (κ3) is 5.44. The van der Waals surface area contributed by atoms with Crippen molar-refractivity contribution in [1.29, 1.82) is 0 Å². The predicted molar refractivity (Wildman–Crippen MR) is 124 cm³/mol. The molecule has 1 fully saturated rings. The molecule has 0 aliphatic carbocycles. The van der Waals surface area contributed by atoms with Crippen molar-refractivity contribution in [3.63, 3.8) is 0 Å². The molecule has 1 aliphatic heterocycles. The molecule has 0 unspecified atom stereocenters. The van der Waals surface area contributed by atoms with E-state index in [1.54, 1.807) is 23.7 Å². The minimum Gasteiger partial charge on any atom is -0.487 e. The van der Waals surface area contributed by atoms with Crippen LogP contribution in [0.15, 0.2) is 52.9 Å². The van der Waals surface area contributed by atoms with E-state index in [-0.39, 0.29) is 0 Å². The molecule has 2 heterocycles. The monoisotopic (exact) mass is 456 g/mol. The van der Waals surface area contributed by atoms with Gasteiger partial charge in [0.25, 0.3) is 0 Å². The molecular weight excluding hydrogens is 432 g/mol. The lowest BCUT2D eigenvalue weighted by Crippen LogP contribution is -2.40. The molecule has 0 bridgehead atoms. The van der Waals surface area contributed by atoms with Gasteiger partial charge in [0.15, 0.2) is 0 Å². The van der Waals surface area contributed by atoms with Crippen molar-refractivity contribution in [2.75, 3.05) is 10.8 Å². The summed E-state index contributed by atoms with van der Waals surface area (Å²) in [6, 6.07) is 15.3. The van der Waals surface area contributed by atoms with Crippen LogP contribution in [0.25, 0.3) is 11.5 Å². The lowest BCUT2D eigenvalue weighted by atomic mass is 10.1. The maximum absolute atomic E-state index is 11.5. The van der Waals surface area contributed by atoms with Crippen LogP contribution in [0.1, 0.15) is 22.6 Å². The number of benzene rings is 2. The normalized spacial score (nSPS) is 16.9. The number of aryl methyl sites for hydroxylation is 2. The van der Waals surface area contributed by atoms with Crippen LogP contribution in [0.4, 0.5) is 0 Å². The van der Waals surface area contributed by atoms with E-state index in [0.717, 1.165) is 33.4 Å². The zero-order valence-corrected chi connectivity index (χ0v) is 19.0. The maximum atomic E-state index is 11.5. The maximum Gasteiger partial charge on any atom is 0.322 e. The number of carboxylic acid groups (broad SMARTS) is 1. The highest BCUT2D eigenvalue weighted by atomic mass is 32.2. The summed E-state index contributed by atoms with van der Waals surface area (Å²) in [5.41, 5.74) is 3.90. The fourth-order valence-electron chi connectivity index (χ4n) is 3.23. The first kappa shape index (κ1) is 21.8. The van der Waals surface area contributed by atoms with Crippen molar-refractivity contribution >= 4 is 29.7 Å². The van der Waals surface area contributed by atoms with E-state index in [1.165, 1.54) is 5.56 Å². The molecule has 0 amide bonds. The summed E-state index contributed by atoms with van der Waals surface area (Å²) in [7, 11) is 0.